The molecule has 0 atom stereocenters. The minimum absolute atomic E-state index is 0.158. The lowest BCUT2D eigenvalue weighted by molar-refractivity contribution is 0.322. The van der Waals surface area contributed by atoms with Gasteiger partial charge >= 0.3 is 0 Å². The van der Waals surface area contributed by atoms with Gasteiger partial charge in [0.25, 0.3) is 0 Å². The normalized spacial score (nSPS) is 10.4. The van der Waals surface area contributed by atoms with Crippen molar-refractivity contribution >= 4 is 0 Å². The van der Waals surface area contributed by atoms with Crippen molar-refractivity contribution in [2.75, 3.05) is 6.61 Å². The highest BCUT2D eigenvalue weighted by molar-refractivity contribution is 5.63. The smallest absolute Gasteiger partial charge is 0.223 e. The number of hydrogen-bond donors (Lipinski definition) is 0. The molecule has 0 fully saturated rings. The van der Waals surface area contributed by atoms with Crippen LogP contribution >= 0.6 is 0 Å². The molecule has 1 aromatic heterocycles. The van der Waals surface area contributed by atoms with Crippen molar-refractivity contribution in [2.45, 2.75) is 13.8 Å². The van der Waals surface area contributed by atoms with Gasteiger partial charge in [-0.05, 0) is 19.1 Å². The van der Waals surface area contributed by atoms with E-state index in [-0.39, 0.29) is 5.75 Å². The highest BCUT2D eigenvalue weighted by Gasteiger charge is 2.15. The second kappa shape index (κ2) is 4.30. The molecule has 1 heterocycles. The van der Waals surface area contributed by atoms with Crippen LogP contribution in [0.2, 0.25) is 0 Å². The van der Waals surface area contributed by atoms with Crippen LogP contribution in [0.4, 0.5) is 4.39 Å². The second-order valence-corrected chi connectivity index (χ2v) is 3.19. The second-order valence-electron chi connectivity index (χ2n) is 3.19. The summed E-state index contributed by atoms with van der Waals surface area (Å²) in [5.41, 5.74) is 0.499. The topological polar surface area (TPSA) is 48.2 Å². The molecule has 0 radical (unpaired) electrons. The minimum atomic E-state index is -0.429. The van der Waals surface area contributed by atoms with Gasteiger partial charge in [0.1, 0.15) is 0 Å². The van der Waals surface area contributed by atoms with Crippen LogP contribution in [0.5, 0.6) is 5.75 Å². The maximum Gasteiger partial charge on any atom is 0.223 e. The molecule has 2 rings (SSSR count). The van der Waals surface area contributed by atoms with Crippen molar-refractivity contribution in [3.63, 3.8) is 0 Å². The zero-order valence-electron chi connectivity index (χ0n) is 9.03. The Kier molecular flexibility index (Phi) is 2.85. The fraction of sp³-hybridized carbons (Fsp3) is 0.273. The van der Waals surface area contributed by atoms with Gasteiger partial charge in [0, 0.05) is 6.92 Å². The minimum Gasteiger partial charge on any atom is -0.490 e. The van der Waals surface area contributed by atoms with Crippen molar-refractivity contribution in [3.05, 3.63) is 29.9 Å². The maximum atomic E-state index is 13.5. The monoisotopic (exact) mass is 222 g/mol. The van der Waals surface area contributed by atoms with Gasteiger partial charge in [-0.3, -0.25) is 0 Å². The Hall–Kier alpha value is -1.91. The first-order chi connectivity index (χ1) is 7.72. The van der Waals surface area contributed by atoms with E-state index in [4.69, 9.17) is 9.26 Å². The molecule has 0 aliphatic rings. The summed E-state index contributed by atoms with van der Waals surface area (Å²) < 4.78 is 23.6. The van der Waals surface area contributed by atoms with Crippen LogP contribution in [0.1, 0.15) is 12.8 Å². The number of benzene rings is 1. The highest BCUT2D eigenvalue weighted by atomic mass is 19.1. The molecule has 4 nitrogen and oxygen atoms in total. The van der Waals surface area contributed by atoms with E-state index in [9.17, 15) is 4.39 Å². The zero-order chi connectivity index (χ0) is 11.5. The number of nitrogens with zero attached hydrogens (tertiary/aromatic N) is 2. The van der Waals surface area contributed by atoms with Gasteiger partial charge in [0.2, 0.25) is 11.7 Å². The molecule has 0 bridgehead atoms. The number of ether oxygens (including phenoxy) is 1. The molecule has 2 aromatic rings. The summed E-state index contributed by atoms with van der Waals surface area (Å²) in [5, 5.41) is 3.74. The van der Waals surface area contributed by atoms with Crippen molar-refractivity contribution in [1.29, 1.82) is 0 Å². The Balaban J connectivity index is 2.51. The molecule has 16 heavy (non-hydrogen) atoms. The van der Waals surface area contributed by atoms with E-state index in [0.717, 1.165) is 0 Å². The van der Waals surface area contributed by atoms with Crippen LogP contribution in [-0.4, -0.2) is 16.7 Å². The van der Waals surface area contributed by atoms with Crippen LogP contribution in [0.15, 0.2) is 22.7 Å². The molecule has 0 amide bonds. The molecule has 0 saturated heterocycles. The van der Waals surface area contributed by atoms with E-state index in [1.54, 1.807) is 26.0 Å². The molecule has 0 aliphatic carbocycles. The Morgan fingerprint density at radius 2 is 2.25 bits per heavy atom. The molecule has 0 saturated carbocycles. The summed E-state index contributed by atoms with van der Waals surface area (Å²) >= 11 is 0. The first-order valence-electron chi connectivity index (χ1n) is 4.94. The molecule has 0 unspecified atom stereocenters. The highest BCUT2D eigenvalue weighted by Crippen LogP contribution is 2.30. The van der Waals surface area contributed by atoms with E-state index in [0.29, 0.717) is 23.9 Å². The number of para-hydroxylation sites is 1. The third kappa shape index (κ3) is 1.88. The Bertz CT molecular complexity index is 496. The van der Waals surface area contributed by atoms with E-state index < -0.39 is 5.82 Å². The third-order valence-electron chi connectivity index (χ3n) is 2.02. The zero-order valence-corrected chi connectivity index (χ0v) is 9.03. The van der Waals surface area contributed by atoms with Crippen molar-refractivity contribution in [3.8, 4) is 17.1 Å². The molecular weight excluding hydrogens is 211 g/mol. The summed E-state index contributed by atoms with van der Waals surface area (Å²) in [4.78, 5) is 4.04. The van der Waals surface area contributed by atoms with E-state index in [1.807, 2.05) is 0 Å². The van der Waals surface area contributed by atoms with E-state index in [2.05, 4.69) is 10.1 Å². The lowest BCUT2D eigenvalue weighted by Crippen LogP contribution is -1.97. The molecule has 1 aromatic carbocycles. The summed E-state index contributed by atoms with van der Waals surface area (Å²) in [6.07, 6.45) is 0. The molecular formula is C11H11FN2O2. The Morgan fingerprint density at radius 3 is 2.88 bits per heavy atom. The predicted octanol–water partition coefficient (Wildman–Crippen LogP) is 2.58. The largest absolute Gasteiger partial charge is 0.490 e. The average Bonchev–Trinajstić information content (AvgIpc) is 2.68. The van der Waals surface area contributed by atoms with Gasteiger partial charge in [-0.1, -0.05) is 11.2 Å². The summed E-state index contributed by atoms with van der Waals surface area (Å²) in [7, 11) is 0. The van der Waals surface area contributed by atoms with Crippen molar-refractivity contribution in [2.24, 2.45) is 0 Å². The standard InChI is InChI=1S/C11H11FN2O2/c1-3-15-10-8(5-4-6-9(10)12)11-13-7(2)16-14-11/h4-6H,3H2,1-2H3. The Labute approximate surface area is 92.0 Å². The molecule has 5 heteroatoms. The van der Waals surface area contributed by atoms with E-state index in [1.165, 1.54) is 6.07 Å². The number of rotatable bonds is 3. The lowest BCUT2D eigenvalue weighted by Gasteiger charge is -2.07. The SMILES string of the molecule is CCOc1c(F)cccc1-c1noc(C)n1. The first kappa shape index (κ1) is 10.6. The van der Waals surface area contributed by atoms with Crippen LogP contribution in [-0.2, 0) is 0 Å². The van der Waals surface area contributed by atoms with Crippen LogP contribution in [0, 0.1) is 12.7 Å². The summed E-state index contributed by atoms with van der Waals surface area (Å²) in [6, 6.07) is 4.61. The maximum absolute atomic E-state index is 13.5. The van der Waals surface area contributed by atoms with Crippen LogP contribution in [0.3, 0.4) is 0 Å². The first-order valence-corrected chi connectivity index (χ1v) is 4.94. The number of halogens is 1. The van der Waals surface area contributed by atoms with Gasteiger partial charge in [-0.15, -0.1) is 0 Å². The Morgan fingerprint density at radius 1 is 1.44 bits per heavy atom. The van der Waals surface area contributed by atoms with Crippen LogP contribution < -0.4 is 4.74 Å². The van der Waals surface area contributed by atoms with Crippen LogP contribution in [0.25, 0.3) is 11.4 Å². The van der Waals surface area contributed by atoms with Gasteiger partial charge < -0.3 is 9.26 Å². The molecule has 0 N–H and O–H groups in total. The number of hydrogen-bond acceptors (Lipinski definition) is 4. The average molecular weight is 222 g/mol. The van der Waals surface area contributed by atoms with E-state index >= 15 is 0 Å². The van der Waals surface area contributed by atoms with Crippen molar-refractivity contribution in [1.82, 2.24) is 10.1 Å². The summed E-state index contributed by atoms with van der Waals surface area (Å²) in [6.45, 7) is 3.85. The number of aryl methyl sites for hydroxylation is 1. The van der Waals surface area contributed by atoms with Gasteiger partial charge in [0.15, 0.2) is 11.6 Å². The number of aromatic nitrogens is 2. The molecule has 0 spiro atoms. The quantitative estimate of drug-likeness (QED) is 0.800. The lowest BCUT2D eigenvalue weighted by atomic mass is 10.2. The predicted molar refractivity (Wildman–Crippen MR) is 55.6 cm³/mol. The van der Waals surface area contributed by atoms with Crippen molar-refractivity contribution < 1.29 is 13.7 Å². The van der Waals surface area contributed by atoms with Gasteiger partial charge in [-0.25, -0.2) is 4.39 Å². The fourth-order valence-corrected chi connectivity index (χ4v) is 1.38. The van der Waals surface area contributed by atoms with Gasteiger partial charge in [-0.2, -0.15) is 4.98 Å². The third-order valence-corrected chi connectivity index (χ3v) is 2.02. The molecule has 0 aliphatic heterocycles. The van der Waals surface area contributed by atoms with Gasteiger partial charge in [0.05, 0.1) is 12.2 Å². The fourth-order valence-electron chi connectivity index (χ4n) is 1.38. The summed E-state index contributed by atoms with van der Waals surface area (Å²) in [5.74, 6) is 0.495. The molecule has 84 valence electrons.